The van der Waals surface area contributed by atoms with E-state index in [1.807, 2.05) is 32.0 Å². The van der Waals surface area contributed by atoms with Gasteiger partial charge in [0.1, 0.15) is 0 Å². The maximum atomic E-state index is 11.1. The van der Waals surface area contributed by atoms with Crippen molar-refractivity contribution in [2.24, 2.45) is 0 Å². The summed E-state index contributed by atoms with van der Waals surface area (Å²) in [5, 5.41) is 0. The van der Waals surface area contributed by atoms with Crippen LogP contribution in [0.4, 0.5) is 0 Å². The predicted octanol–water partition coefficient (Wildman–Crippen LogP) is -1.57. The molecule has 0 saturated heterocycles. The summed E-state index contributed by atoms with van der Waals surface area (Å²) in [6.45, 7) is 8.25. The Hall–Kier alpha value is -0.0157. The first-order valence-electron chi connectivity index (χ1n) is 5.98. The molecule has 0 bridgehead atoms. The molecule has 1 amide bonds. The second-order valence-electron chi connectivity index (χ2n) is 3.69. The summed E-state index contributed by atoms with van der Waals surface area (Å²) in [6, 6.07) is 5.78. The van der Waals surface area contributed by atoms with Gasteiger partial charge in [-0.25, -0.2) is 0 Å². The normalized spacial score (nSPS) is 7.79. The van der Waals surface area contributed by atoms with E-state index in [9.17, 15) is 4.79 Å². The molecule has 0 aliphatic rings. The zero-order chi connectivity index (χ0) is 12.6. The molecule has 0 saturated carbocycles. The molecule has 19 heavy (non-hydrogen) atoms. The molecule has 0 spiro atoms. The zero-order valence-electron chi connectivity index (χ0n) is 12.0. The van der Waals surface area contributed by atoms with Crippen molar-refractivity contribution in [1.82, 2.24) is 0 Å². The van der Waals surface area contributed by atoms with Crippen LogP contribution in [0.15, 0.2) is 18.2 Å². The smallest absolute Gasteiger partial charge is 1.00 e. The Morgan fingerprint density at radius 3 is 1.53 bits per heavy atom. The first-order chi connectivity index (χ1) is 7.62. The van der Waals surface area contributed by atoms with Gasteiger partial charge in [0.05, 0.1) is 5.91 Å². The summed E-state index contributed by atoms with van der Waals surface area (Å²) in [5.41, 5.74) is 9.74. The van der Waals surface area contributed by atoms with E-state index in [0.717, 1.165) is 24.0 Å². The average Bonchev–Trinajstić information content (AvgIpc) is 2.28. The molecule has 0 aliphatic heterocycles. The first-order valence-corrected chi connectivity index (χ1v) is 5.98. The predicted molar refractivity (Wildman–Crippen MR) is 69.8 cm³/mol. The van der Waals surface area contributed by atoms with Crippen LogP contribution in [0.2, 0.25) is 0 Å². The summed E-state index contributed by atoms with van der Waals surface area (Å²) in [7, 11) is 0. The summed E-state index contributed by atoms with van der Waals surface area (Å²) in [5.74, 6) is -0.561. The molecule has 1 aromatic rings. The quantitative estimate of drug-likeness (QED) is 0.614. The Labute approximate surface area is 144 Å². The van der Waals surface area contributed by atoms with Crippen LogP contribution in [0.1, 0.15) is 55.6 Å². The van der Waals surface area contributed by atoms with Gasteiger partial charge >= 0.3 is 21.7 Å². The molecule has 107 valence electrons. The van der Waals surface area contributed by atoms with Crippen LogP contribution in [0.3, 0.4) is 0 Å². The monoisotopic (exact) mass is 338 g/mol. The number of hydrogen-bond acceptors (Lipinski definition) is 1. The standard InChI is InChI=1S/C11H15NO.C3H8.2ClH.Ti/c1-3-8-6-5-7-9(4-2)10(8)11(12)13;1-3-2;;;/h5-7H,3-4H2,1-2H3,(H2,12,13);3H2,1-2H3;2*1H;/q;;;;+3/p-3. The molecular weight excluding hydrogens is 317 g/mol. The summed E-state index contributed by atoms with van der Waals surface area (Å²) in [6.07, 6.45) is 2.88. The summed E-state index contributed by atoms with van der Waals surface area (Å²) < 4.78 is 0. The molecular formula is C14H22Cl2NOTi. The molecule has 0 heterocycles. The SMILES string of the molecule is CCC.CCc1cccc(CC)c1C([NH-])=O.[Cl-].[Cl-].[Ti+3]. The van der Waals surface area contributed by atoms with Crippen molar-refractivity contribution >= 4 is 5.91 Å². The fourth-order valence-corrected chi connectivity index (χ4v) is 1.53. The molecule has 1 radical (unpaired) electrons. The van der Waals surface area contributed by atoms with Gasteiger partial charge in [0.2, 0.25) is 0 Å². The van der Waals surface area contributed by atoms with Gasteiger partial charge in [0.25, 0.3) is 0 Å². The Morgan fingerprint density at radius 2 is 1.32 bits per heavy atom. The fraction of sp³-hybridized carbons (Fsp3) is 0.500. The van der Waals surface area contributed by atoms with Gasteiger partial charge in [0.15, 0.2) is 0 Å². The second-order valence-corrected chi connectivity index (χ2v) is 3.69. The summed E-state index contributed by atoms with van der Waals surface area (Å²) in [4.78, 5) is 11.1. The van der Waals surface area contributed by atoms with Gasteiger partial charge in [0, 0.05) is 5.56 Å². The maximum absolute atomic E-state index is 11.1. The van der Waals surface area contributed by atoms with Crippen molar-refractivity contribution in [2.45, 2.75) is 47.0 Å². The van der Waals surface area contributed by atoms with E-state index in [2.05, 4.69) is 13.8 Å². The van der Waals surface area contributed by atoms with E-state index in [1.54, 1.807) is 0 Å². The molecule has 1 aromatic carbocycles. The number of carbonyl (C=O) groups is 1. The van der Waals surface area contributed by atoms with E-state index < -0.39 is 5.91 Å². The Balaban J connectivity index is -0.000000172. The molecule has 0 unspecified atom stereocenters. The van der Waals surface area contributed by atoms with Crippen molar-refractivity contribution in [1.29, 1.82) is 0 Å². The zero-order valence-corrected chi connectivity index (χ0v) is 15.1. The Kier molecular flexibility index (Phi) is 23.1. The third kappa shape index (κ3) is 9.51. The van der Waals surface area contributed by atoms with Crippen LogP contribution >= 0.6 is 0 Å². The van der Waals surface area contributed by atoms with Gasteiger partial charge in [-0.3, -0.25) is 0 Å². The minimum atomic E-state index is -0.561. The number of rotatable bonds is 3. The second kappa shape index (κ2) is 16.0. The number of amides is 1. The number of aryl methyl sites for hydroxylation is 2. The number of hydrogen-bond donors (Lipinski definition) is 0. The van der Waals surface area contributed by atoms with Gasteiger partial charge in [-0.1, -0.05) is 52.3 Å². The van der Waals surface area contributed by atoms with Gasteiger partial charge < -0.3 is 35.3 Å². The third-order valence-corrected chi connectivity index (χ3v) is 2.23. The van der Waals surface area contributed by atoms with Gasteiger partial charge in [-0.05, 0) is 24.0 Å². The van der Waals surface area contributed by atoms with Crippen LogP contribution in [0.5, 0.6) is 0 Å². The third-order valence-electron chi connectivity index (χ3n) is 2.23. The number of carbonyl (C=O) groups excluding carboxylic acids is 1. The van der Waals surface area contributed by atoms with E-state index in [0.29, 0.717) is 5.56 Å². The minimum Gasteiger partial charge on any atom is -1.00 e. The first kappa shape index (κ1) is 27.3. The molecule has 0 fully saturated rings. The minimum absolute atomic E-state index is 0. The van der Waals surface area contributed by atoms with E-state index in [-0.39, 0.29) is 46.5 Å². The molecule has 0 aliphatic carbocycles. The fourth-order valence-electron chi connectivity index (χ4n) is 1.53. The Morgan fingerprint density at radius 1 is 1.00 bits per heavy atom. The van der Waals surface area contributed by atoms with Crippen molar-refractivity contribution in [2.75, 3.05) is 0 Å². The largest absolute Gasteiger partial charge is 3.00 e. The maximum Gasteiger partial charge on any atom is 3.00 e. The van der Waals surface area contributed by atoms with Crippen LogP contribution in [-0.2, 0) is 34.6 Å². The molecule has 1 rings (SSSR count). The number of halogens is 2. The van der Waals surface area contributed by atoms with E-state index >= 15 is 0 Å². The van der Waals surface area contributed by atoms with Crippen molar-refractivity contribution in [3.8, 4) is 0 Å². The van der Waals surface area contributed by atoms with Crippen molar-refractivity contribution in [3.63, 3.8) is 0 Å². The van der Waals surface area contributed by atoms with Gasteiger partial charge in [-0.15, -0.1) is 0 Å². The average molecular weight is 339 g/mol. The number of nitrogens with one attached hydrogen (secondary N) is 1. The molecule has 2 nitrogen and oxygen atoms in total. The molecule has 1 N–H and O–H groups in total. The van der Waals surface area contributed by atoms with Crippen LogP contribution in [0.25, 0.3) is 5.73 Å². The molecule has 0 aromatic heterocycles. The van der Waals surface area contributed by atoms with E-state index in [1.165, 1.54) is 6.42 Å². The summed E-state index contributed by atoms with van der Waals surface area (Å²) >= 11 is 0. The van der Waals surface area contributed by atoms with E-state index in [4.69, 9.17) is 5.73 Å². The van der Waals surface area contributed by atoms with Crippen LogP contribution in [-0.4, -0.2) is 5.91 Å². The van der Waals surface area contributed by atoms with Crippen molar-refractivity contribution < 1.29 is 51.3 Å². The Bertz CT molecular complexity index is 324. The molecule has 0 atom stereocenters. The number of benzene rings is 1. The van der Waals surface area contributed by atoms with Crippen molar-refractivity contribution in [3.05, 3.63) is 40.6 Å². The van der Waals surface area contributed by atoms with Gasteiger partial charge in [-0.2, -0.15) is 0 Å². The van der Waals surface area contributed by atoms with Crippen LogP contribution < -0.4 is 24.8 Å². The topological polar surface area (TPSA) is 40.9 Å². The van der Waals surface area contributed by atoms with Crippen LogP contribution in [0, 0.1) is 0 Å². The molecule has 5 heteroatoms.